The Hall–Kier alpha value is -0.520. The van der Waals surface area contributed by atoms with Crippen molar-refractivity contribution in [3.05, 3.63) is 0 Å². The Morgan fingerprint density at radius 2 is 0.781 bits per heavy atom. The van der Waals surface area contributed by atoms with E-state index in [0.29, 0.717) is 0 Å². The molecule has 2 saturated heterocycles. The molecule has 186 valence electrons. The van der Waals surface area contributed by atoms with Crippen molar-refractivity contribution in [2.45, 2.75) is 129 Å². The lowest BCUT2D eigenvalue weighted by Gasteiger charge is -2.41. The highest BCUT2D eigenvalue weighted by Gasteiger charge is 2.30. The van der Waals surface area contributed by atoms with E-state index < -0.39 is 0 Å². The van der Waals surface area contributed by atoms with Gasteiger partial charge in [0.15, 0.2) is 0 Å². The van der Waals surface area contributed by atoms with Crippen molar-refractivity contribution in [1.82, 2.24) is 0 Å². The number of hydrogen-bond acceptors (Lipinski definition) is 0. The Bertz CT molecular complexity index is 459. The molecule has 0 atom stereocenters. The third kappa shape index (κ3) is 11.1. The summed E-state index contributed by atoms with van der Waals surface area (Å²) in [5.74, 6) is 7.51. The first-order valence-electron chi connectivity index (χ1n) is 14.9. The quantitative estimate of drug-likeness (QED) is 0.129. The van der Waals surface area contributed by atoms with E-state index >= 15 is 0 Å². The van der Waals surface area contributed by atoms with E-state index in [1.807, 2.05) is 0 Å². The number of hydrogen-bond donors (Lipinski definition) is 0. The highest BCUT2D eigenvalue weighted by Crippen LogP contribution is 2.22. The second-order valence-electron chi connectivity index (χ2n) is 11.4. The van der Waals surface area contributed by atoms with Crippen LogP contribution in [0.4, 0.5) is 0 Å². The predicted octanol–water partition coefficient (Wildman–Crippen LogP) is 7.71. The zero-order valence-electron chi connectivity index (χ0n) is 22.3. The highest BCUT2D eigenvalue weighted by molar-refractivity contribution is 5.00. The Kier molecular flexibility index (Phi) is 14.7. The molecule has 0 aromatic heterocycles. The second kappa shape index (κ2) is 17.0. The minimum Gasteiger partial charge on any atom is -0.314 e. The molecule has 2 rings (SSSR count). The predicted molar refractivity (Wildman–Crippen MR) is 142 cm³/mol. The van der Waals surface area contributed by atoms with Crippen LogP contribution in [0.3, 0.4) is 0 Å². The molecule has 0 aliphatic carbocycles. The molecule has 0 N–H and O–H groups in total. The molecule has 2 nitrogen and oxygen atoms in total. The molecule has 0 aromatic carbocycles. The van der Waals surface area contributed by atoms with Crippen LogP contribution in [0.5, 0.6) is 0 Å². The fourth-order valence-corrected chi connectivity index (χ4v) is 6.19. The average Bonchev–Trinajstić information content (AvgIpc) is 2.83. The molecule has 0 aromatic rings. The molecule has 0 radical (unpaired) electrons. The van der Waals surface area contributed by atoms with Crippen molar-refractivity contribution in [2.24, 2.45) is 0 Å². The molecule has 0 spiro atoms. The third-order valence-corrected chi connectivity index (χ3v) is 8.46. The summed E-state index contributed by atoms with van der Waals surface area (Å²) in [6, 6.07) is 0. The highest BCUT2D eigenvalue weighted by atomic mass is 15.4. The first-order valence-corrected chi connectivity index (χ1v) is 14.9. The van der Waals surface area contributed by atoms with Crippen LogP contribution in [0, 0.1) is 11.8 Å². The fourth-order valence-electron chi connectivity index (χ4n) is 6.19. The largest absolute Gasteiger partial charge is 0.314 e. The Morgan fingerprint density at radius 1 is 0.438 bits per heavy atom. The van der Waals surface area contributed by atoms with Gasteiger partial charge in [0.25, 0.3) is 0 Å². The van der Waals surface area contributed by atoms with Gasteiger partial charge in [0, 0.05) is 0 Å². The second-order valence-corrected chi connectivity index (χ2v) is 11.4. The van der Waals surface area contributed by atoms with Gasteiger partial charge in [-0.05, 0) is 76.0 Å². The lowest BCUT2D eigenvalue weighted by Crippen LogP contribution is -2.53. The topological polar surface area (TPSA) is 0 Å². The van der Waals surface area contributed by atoms with Gasteiger partial charge in [0.1, 0.15) is 13.1 Å². The number of piperidine rings is 2. The molecule has 2 aliphatic heterocycles. The summed E-state index contributed by atoms with van der Waals surface area (Å²) in [6.45, 7) is 15.2. The van der Waals surface area contributed by atoms with Crippen molar-refractivity contribution in [2.75, 3.05) is 52.4 Å². The van der Waals surface area contributed by atoms with E-state index in [9.17, 15) is 0 Å². The zero-order chi connectivity index (χ0) is 22.8. The van der Waals surface area contributed by atoms with E-state index in [-0.39, 0.29) is 0 Å². The average molecular weight is 447 g/mol. The molecular formula is C30H58N2+2. The number of unbranched alkanes of at least 4 members (excludes halogenated alkanes) is 10. The molecule has 2 fully saturated rings. The molecule has 0 unspecified atom stereocenters. The maximum absolute atomic E-state index is 3.75. The number of quaternary nitrogens is 2. The Morgan fingerprint density at radius 3 is 1.16 bits per heavy atom. The van der Waals surface area contributed by atoms with Gasteiger partial charge in [-0.3, -0.25) is 0 Å². The molecule has 0 saturated carbocycles. The van der Waals surface area contributed by atoms with Gasteiger partial charge in [-0.15, -0.1) is 0 Å². The monoisotopic (exact) mass is 446 g/mol. The summed E-state index contributed by atoms with van der Waals surface area (Å²) in [5, 5.41) is 0. The van der Waals surface area contributed by atoms with E-state index in [0.717, 1.165) is 13.1 Å². The SMILES string of the molecule is CCCCCCCC[N+]1(CC#CC[N+]2(CCCCCCCC)CCCCC2)CCCCC1. The first-order chi connectivity index (χ1) is 15.7. The van der Waals surface area contributed by atoms with Crippen LogP contribution in [0.1, 0.15) is 129 Å². The minimum atomic E-state index is 1.13. The van der Waals surface area contributed by atoms with E-state index in [1.165, 1.54) is 164 Å². The number of likely N-dealkylation sites (tertiary alicyclic amines) is 2. The molecular weight excluding hydrogens is 388 g/mol. The molecule has 2 heteroatoms. The summed E-state index contributed by atoms with van der Waals surface area (Å²) in [7, 11) is 0. The van der Waals surface area contributed by atoms with E-state index in [1.54, 1.807) is 0 Å². The summed E-state index contributed by atoms with van der Waals surface area (Å²) in [5.41, 5.74) is 0. The molecule has 32 heavy (non-hydrogen) atoms. The molecule has 0 amide bonds. The molecule has 0 bridgehead atoms. The molecule has 2 heterocycles. The van der Waals surface area contributed by atoms with Crippen LogP contribution >= 0.6 is 0 Å². The maximum atomic E-state index is 3.75. The standard InChI is InChI=1S/C30H58N2/c1-3-5-7-9-11-15-23-31(25-17-13-18-26-31)29-21-22-30-32(27-19-14-20-28-32)24-16-12-10-8-6-4-2/h3-20,23-30H2,1-2H3/q+2. The summed E-state index contributed by atoms with van der Waals surface area (Å²) >= 11 is 0. The van der Waals surface area contributed by atoms with Gasteiger partial charge in [0.05, 0.1) is 39.3 Å². The normalized spacial score (nSPS) is 19.9. The lowest BCUT2D eigenvalue weighted by molar-refractivity contribution is -0.927. The Balaban J connectivity index is 1.80. The lowest BCUT2D eigenvalue weighted by atomic mass is 10.0. The van der Waals surface area contributed by atoms with Crippen molar-refractivity contribution in [3.8, 4) is 11.8 Å². The zero-order valence-corrected chi connectivity index (χ0v) is 22.3. The van der Waals surface area contributed by atoms with Gasteiger partial charge < -0.3 is 8.97 Å². The Labute approximate surface area is 202 Å². The van der Waals surface area contributed by atoms with Gasteiger partial charge in [0.2, 0.25) is 0 Å². The van der Waals surface area contributed by atoms with Crippen LogP contribution < -0.4 is 0 Å². The van der Waals surface area contributed by atoms with Gasteiger partial charge >= 0.3 is 0 Å². The summed E-state index contributed by atoms with van der Waals surface area (Å²) in [6.07, 6.45) is 25.6. The van der Waals surface area contributed by atoms with Crippen molar-refractivity contribution in [3.63, 3.8) is 0 Å². The van der Waals surface area contributed by atoms with Crippen molar-refractivity contribution < 1.29 is 8.97 Å². The summed E-state index contributed by atoms with van der Waals surface area (Å²) in [4.78, 5) is 0. The van der Waals surface area contributed by atoms with E-state index in [2.05, 4.69) is 25.7 Å². The van der Waals surface area contributed by atoms with Crippen molar-refractivity contribution in [1.29, 1.82) is 0 Å². The van der Waals surface area contributed by atoms with Gasteiger partial charge in [-0.1, -0.05) is 65.2 Å². The van der Waals surface area contributed by atoms with Crippen LogP contribution in [-0.2, 0) is 0 Å². The third-order valence-electron chi connectivity index (χ3n) is 8.46. The fraction of sp³-hybridized carbons (Fsp3) is 0.933. The van der Waals surface area contributed by atoms with Crippen LogP contribution in [-0.4, -0.2) is 61.3 Å². The summed E-state index contributed by atoms with van der Waals surface area (Å²) < 4.78 is 2.64. The van der Waals surface area contributed by atoms with Crippen LogP contribution in [0.2, 0.25) is 0 Å². The smallest absolute Gasteiger partial charge is 0.141 e. The first kappa shape index (κ1) is 27.7. The van der Waals surface area contributed by atoms with Gasteiger partial charge in [-0.25, -0.2) is 0 Å². The number of nitrogens with zero attached hydrogens (tertiary/aromatic N) is 2. The maximum Gasteiger partial charge on any atom is 0.141 e. The molecule has 2 aliphatic rings. The minimum absolute atomic E-state index is 1.13. The number of rotatable bonds is 16. The van der Waals surface area contributed by atoms with Crippen LogP contribution in [0.15, 0.2) is 0 Å². The van der Waals surface area contributed by atoms with Crippen LogP contribution in [0.25, 0.3) is 0 Å². The van der Waals surface area contributed by atoms with Crippen molar-refractivity contribution >= 4 is 0 Å². The van der Waals surface area contributed by atoms with Gasteiger partial charge in [-0.2, -0.15) is 0 Å². The van der Waals surface area contributed by atoms with E-state index in [4.69, 9.17) is 0 Å².